The van der Waals surface area contributed by atoms with Crippen molar-refractivity contribution in [2.24, 2.45) is 17.8 Å². The second-order valence-corrected chi connectivity index (χ2v) is 9.74. The van der Waals surface area contributed by atoms with Crippen molar-refractivity contribution < 1.29 is 18.8 Å². The third kappa shape index (κ3) is 6.38. The molecule has 6 N–H and O–H groups in total. The molecule has 2 saturated heterocycles. The number of amides is 2. The predicted octanol–water partition coefficient (Wildman–Crippen LogP) is 0.934. The van der Waals surface area contributed by atoms with E-state index in [2.05, 4.69) is 32.3 Å². The average Bonchev–Trinajstić information content (AvgIpc) is 3.27. The minimum absolute atomic E-state index is 0.0380. The highest BCUT2D eigenvalue weighted by Crippen LogP contribution is 2.33. The Morgan fingerprint density at radius 1 is 1.09 bits per heavy atom. The van der Waals surface area contributed by atoms with Gasteiger partial charge in [-0.05, 0) is 57.3 Å². The van der Waals surface area contributed by atoms with E-state index in [4.69, 9.17) is 4.84 Å². The summed E-state index contributed by atoms with van der Waals surface area (Å²) in [5.74, 6) is 0.956. The summed E-state index contributed by atoms with van der Waals surface area (Å²) < 4.78 is 13.3. The smallest absolute Gasteiger partial charge is 0.237 e. The predicted molar refractivity (Wildman–Crippen MR) is 117 cm³/mol. The van der Waals surface area contributed by atoms with Crippen molar-refractivity contribution in [3.8, 4) is 0 Å². The summed E-state index contributed by atoms with van der Waals surface area (Å²) in [5.41, 5.74) is 8.92. The van der Waals surface area contributed by atoms with Gasteiger partial charge in [0.2, 0.25) is 11.8 Å². The lowest BCUT2D eigenvalue weighted by Crippen LogP contribution is -2.64. The first-order chi connectivity index (χ1) is 15.6. The molecule has 4 rings (SSSR count). The monoisotopic (exact) mass is 454 g/mol. The van der Waals surface area contributed by atoms with Gasteiger partial charge >= 0.3 is 0 Å². The minimum atomic E-state index is -0.651. The number of hydroxylamine groups is 1. The number of carbonyl (C=O) groups is 2. The van der Waals surface area contributed by atoms with Crippen molar-refractivity contribution in [2.75, 3.05) is 13.1 Å². The molecule has 0 aromatic heterocycles. The van der Waals surface area contributed by atoms with Gasteiger partial charge in [0.05, 0.1) is 12.3 Å². The second-order valence-electron chi connectivity index (χ2n) is 9.74. The van der Waals surface area contributed by atoms with Gasteiger partial charge < -0.3 is 5.32 Å². The summed E-state index contributed by atoms with van der Waals surface area (Å²) in [6.07, 6.45) is 8.66. The minimum Gasteiger partial charge on any atom is -0.355 e. The lowest BCUT2D eigenvalue weighted by atomic mass is 9.76. The van der Waals surface area contributed by atoms with Crippen LogP contribution in [-0.2, 0) is 14.4 Å². The van der Waals surface area contributed by atoms with Crippen molar-refractivity contribution in [2.45, 2.75) is 95.4 Å². The first-order valence-corrected chi connectivity index (χ1v) is 12.5. The van der Waals surface area contributed by atoms with E-state index in [1.54, 1.807) is 0 Å². The van der Waals surface area contributed by atoms with Gasteiger partial charge in [-0.1, -0.05) is 12.8 Å². The quantitative estimate of drug-likeness (QED) is 0.287. The van der Waals surface area contributed by atoms with Gasteiger partial charge in [0.25, 0.3) is 0 Å². The van der Waals surface area contributed by atoms with Crippen LogP contribution < -0.4 is 32.3 Å². The summed E-state index contributed by atoms with van der Waals surface area (Å²) in [4.78, 5) is 29.8. The third-order valence-corrected chi connectivity index (χ3v) is 7.49. The Bertz CT molecular complexity index is 633. The van der Waals surface area contributed by atoms with Gasteiger partial charge in [-0.25, -0.2) is 9.82 Å². The van der Waals surface area contributed by atoms with Crippen LogP contribution in [0, 0.1) is 17.8 Å². The van der Waals surface area contributed by atoms with E-state index in [0.717, 1.165) is 44.9 Å². The number of nitrogens with one attached hydrogen (secondary N) is 6. The number of alkyl halides is 1. The van der Waals surface area contributed by atoms with E-state index < -0.39 is 6.17 Å². The highest BCUT2D eigenvalue weighted by Gasteiger charge is 2.39. The lowest BCUT2D eigenvalue weighted by Gasteiger charge is -2.41. The van der Waals surface area contributed by atoms with E-state index in [0.29, 0.717) is 44.2 Å². The normalized spacial score (nSPS) is 37.5. The largest absolute Gasteiger partial charge is 0.355 e. The van der Waals surface area contributed by atoms with Crippen molar-refractivity contribution in [3.63, 3.8) is 0 Å². The molecule has 9 nitrogen and oxygen atoms in total. The summed E-state index contributed by atoms with van der Waals surface area (Å²) in [5, 5.41) is 9.83. The first-order valence-electron chi connectivity index (χ1n) is 12.5. The van der Waals surface area contributed by atoms with Gasteiger partial charge in [0, 0.05) is 31.3 Å². The Morgan fingerprint density at radius 3 is 2.75 bits per heavy atom. The molecule has 0 spiro atoms. The van der Waals surface area contributed by atoms with Crippen molar-refractivity contribution in [1.29, 1.82) is 0 Å². The van der Waals surface area contributed by atoms with Crippen LogP contribution in [0.5, 0.6) is 0 Å². The Balaban J connectivity index is 1.05. The van der Waals surface area contributed by atoms with E-state index in [-0.39, 0.29) is 36.3 Å². The maximum Gasteiger partial charge on any atom is 0.237 e. The van der Waals surface area contributed by atoms with E-state index in [1.165, 1.54) is 6.42 Å². The third-order valence-electron chi connectivity index (χ3n) is 7.49. The molecule has 5 unspecified atom stereocenters. The summed E-state index contributed by atoms with van der Waals surface area (Å²) >= 11 is 0. The van der Waals surface area contributed by atoms with E-state index >= 15 is 0 Å². The molecule has 2 heterocycles. The molecule has 0 aromatic rings. The number of carbonyl (C=O) groups excluding carboxylic acids is 2. The molecule has 0 aromatic carbocycles. The van der Waals surface area contributed by atoms with Gasteiger partial charge in [0.15, 0.2) is 0 Å². The molecule has 4 fully saturated rings. The number of rotatable bonds is 9. The van der Waals surface area contributed by atoms with Crippen LogP contribution in [0.15, 0.2) is 0 Å². The molecule has 32 heavy (non-hydrogen) atoms. The lowest BCUT2D eigenvalue weighted by molar-refractivity contribution is -0.134. The molecule has 2 saturated carbocycles. The zero-order valence-electron chi connectivity index (χ0n) is 18.8. The average molecular weight is 455 g/mol. The second kappa shape index (κ2) is 11.7. The van der Waals surface area contributed by atoms with Crippen molar-refractivity contribution >= 4 is 11.8 Å². The van der Waals surface area contributed by atoms with Crippen LogP contribution in [0.25, 0.3) is 0 Å². The summed E-state index contributed by atoms with van der Waals surface area (Å²) in [7, 11) is 0. The molecule has 0 bridgehead atoms. The van der Waals surface area contributed by atoms with Gasteiger partial charge in [-0.2, -0.15) is 5.48 Å². The molecule has 2 amide bonds. The van der Waals surface area contributed by atoms with Gasteiger partial charge in [0.1, 0.15) is 12.4 Å². The van der Waals surface area contributed by atoms with E-state index in [9.17, 15) is 14.0 Å². The molecule has 182 valence electrons. The molecule has 5 atom stereocenters. The summed E-state index contributed by atoms with van der Waals surface area (Å²) in [6.45, 7) is 1.21. The molecule has 10 heteroatoms. The van der Waals surface area contributed by atoms with E-state index in [1.807, 2.05) is 0 Å². The zero-order chi connectivity index (χ0) is 22.3. The van der Waals surface area contributed by atoms with Gasteiger partial charge in [-0.3, -0.25) is 30.5 Å². The van der Waals surface area contributed by atoms with Gasteiger partial charge in [-0.15, -0.1) is 0 Å². The Kier molecular flexibility index (Phi) is 8.70. The van der Waals surface area contributed by atoms with Crippen LogP contribution in [-0.4, -0.2) is 49.6 Å². The number of hydrogen-bond donors (Lipinski definition) is 6. The molecular weight excluding hydrogens is 415 g/mol. The number of hydrazine groups is 1. The van der Waals surface area contributed by atoms with Crippen LogP contribution in [0.2, 0.25) is 0 Å². The molecular formula is C22H39FN6O3. The summed E-state index contributed by atoms with van der Waals surface area (Å²) in [6, 6.07) is 0. The molecule has 4 aliphatic rings. The fourth-order valence-corrected chi connectivity index (χ4v) is 5.61. The van der Waals surface area contributed by atoms with Crippen LogP contribution >= 0.6 is 0 Å². The Hall–Kier alpha value is -1.33. The topological polar surface area (TPSA) is 116 Å². The number of hydrogen-bond acceptors (Lipinski definition) is 7. The first kappa shape index (κ1) is 23.8. The fourth-order valence-electron chi connectivity index (χ4n) is 5.61. The van der Waals surface area contributed by atoms with Crippen molar-refractivity contribution in [3.05, 3.63) is 0 Å². The maximum absolute atomic E-state index is 13.3. The number of halogens is 1. The van der Waals surface area contributed by atoms with Crippen molar-refractivity contribution in [1.82, 2.24) is 32.3 Å². The SMILES string of the molecule is O=C(CCCC1NC(C2CCC(F)CC2)NO1)NCCNC1NNC(=O)C2CCCCC12. The molecule has 2 aliphatic heterocycles. The van der Waals surface area contributed by atoms with Crippen LogP contribution in [0.1, 0.15) is 70.6 Å². The Labute approximate surface area is 189 Å². The highest BCUT2D eigenvalue weighted by molar-refractivity contribution is 5.79. The maximum atomic E-state index is 13.3. The highest BCUT2D eigenvalue weighted by atomic mass is 19.1. The zero-order valence-corrected chi connectivity index (χ0v) is 18.8. The molecule has 2 aliphatic carbocycles. The number of fused-ring (bicyclic) bond motifs is 1. The molecule has 0 radical (unpaired) electrons. The fraction of sp³-hybridized carbons (Fsp3) is 0.909. The Morgan fingerprint density at radius 2 is 1.91 bits per heavy atom. The van der Waals surface area contributed by atoms with Crippen LogP contribution in [0.3, 0.4) is 0 Å². The van der Waals surface area contributed by atoms with Crippen LogP contribution in [0.4, 0.5) is 4.39 Å². The standard InChI is InChI=1S/C22H39FN6O3/c23-15-10-8-14(9-11-15)20-26-19(32-29-20)7-3-6-18(30)24-12-13-25-21-16-4-1-2-5-17(16)22(31)28-27-21/h14-17,19-21,25-27,29H,1-13H2,(H,24,30)(H,28,31).